The van der Waals surface area contributed by atoms with Crippen LogP contribution in [0.15, 0.2) is 42.6 Å². The molecule has 0 amide bonds. The number of aromatic nitrogens is 3. The molecule has 1 N–H and O–H groups in total. The molecule has 5 rings (SSSR count). The fraction of sp³-hybridized carbons (Fsp3) is 0.444. The minimum absolute atomic E-state index is 0.0524. The third-order valence-corrected chi connectivity index (χ3v) is 6.08. The van der Waals surface area contributed by atoms with Gasteiger partial charge in [-0.15, -0.1) is 5.10 Å². The van der Waals surface area contributed by atoms with E-state index in [1.54, 1.807) is 6.20 Å². The molecule has 7 nitrogen and oxygen atoms in total. The smallest absolute Gasteiger partial charge is 0.234 e. The van der Waals surface area contributed by atoms with Crippen LogP contribution in [0.1, 0.15) is 46.6 Å². The lowest BCUT2D eigenvalue weighted by atomic mass is 9.95. The molecule has 7 heteroatoms. The Hall–Kier alpha value is -3.19. The van der Waals surface area contributed by atoms with Gasteiger partial charge in [0.05, 0.1) is 12.3 Å². The van der Waals surface area contributed by atoms with Crippen LogP contribution in [0.25, 0.3) is 22.3 Å². The van der Waals surface area contributed by atoms with Gasteiger partial charge >= 0.3 is 0 Å². The molecule has 2 aliphatic heterocycles. The van der Waals surface area contributed by atoms with Crippen molar-refractivity contribution in [3.05, 3.63) is 48.2 Å². The lowest BCUT2D eigenvalue weighted by Crippen LogP contribution is -2.44. The molecule has 0 saturated carbocycles. The molecular formula is C27H33N5O2. The Labute approximate surface area is 201 Å². The van der Waals surface area contributed by atoms with Crippen LogP contribution >= 0.6 is 0 Å². The number of pyridine rings is 1. The fourth-order valence-electron chi connectivity index (χ4n) is 4.73. The molecule has 34 heavy (non-hydrogen) atoms. The number of nitrogens with one attached hydrogen (secondary N) is 1. The largest absolute Gasteiger partial charge is 0.474 e. The van der Waals surface area contributed by atoms with E-state index in [0.717, 1.165) is 47.6 Å². The summed E-state index contributed by atoms with van der Waals surface area (Å²) in [6, 6.07) is 13.1. The maximum absolute atomic E-state index is 6.12. The second-order valence-corrected chi connectivity index (χ2v) is 10.5. The molecule has 1 aromatic carbocycles. The van der Waals surface area contributed by atoms with E-state index in [0.29, 0.717) is 24.4 Å². The molecule has 2 aliphatic rings. The van der Waals surface area contributed by atoms with Crippen molar-refractivity contribution >= 4 is 5.82 Å². The highest BCUT2D eigenvalue weighted by molar-refractivity contribution is 5.78. The van der Waals surface area contributed by atoms with E-state index in [1.165, 1.54) is 5.56 Å². The first-order valence-corrected chi connectivity index (χ1v) is 12.0. The highest BCUT2D eigenvalue weighted by atomic mass is 16.5. The standard InChI is InChI=1S/C27H33N5O2/c1-17(2)34-25-13-19(14-28-31-25)18-6-7-22-20(12-18)16-33-26-23(22)8-9-24(29-26)32-11-10-21(15-32)30-27(3,4)5/h6-9,12-14,17,21,30H,10-11,15-16H2,1-5H3. The monoisotopic (exact) mass is 459 g/mol. The first-order valence-electron chi connectivity index (χ1n) is 12.0. The normalized spacial score (nSPS) is 17.4. The average molecular weight is 460 g/mol. The summed E-state index contributed by atoms with van der Waals surface area (Å²) in [5.41, 5.74) is 5.49. The first-order chi connectivity index (χ1) is 16.2. The van der Waals surface area contributed by atoms with E-state index < -0.39 is 0 Å². The molecule has 1 unspecified atom stereocenters. The number of hydrogen-bond acceptors (Lipinski definition) is 7. The highest BCUT2D eigenvalue weighted by Crippen LogP contribution is 2.39. The number of benzene rings is 1. The minimum atomic E-state index is 0.0524. The Morgan fingerprint density at radius 3 is 2.71 bits per heavy atom. The van der Waals surface area contributed by atoms with Crippen LogP contribution in [0.3, 0.4) is 0 Å². The zero-order valence-corrected chi connectivity index (χ0v) is 20.6. The third-order valence-electron chi connectivity index (χ3n) is 6.08. The van der Waals surface area contributed by atoms with Crippen molar-refractivity contribution < 1.29 is 9.47 Å². The van der Waals surface area contributed by atoms with Crippen molar-refractivity contribution in [2.75, 3.05) is 18.0 Å². The van der Waals surface area contributed by atoms with E-state index in [4.69, 9.17) is 14.5 Å². The van der Waals surface area contributed by atoms with Crippen LogP contribution in [-0.4, -0.2) is 46.0 Å². The molecule has 1 fully saturated rings. The summed E-state index contributed by atoms with van der Waals surface area (Å²) < 4.78 is 11.8. The number of rotatable bonds is 5. The van der Waals surface area contributed by atoms with Gasteiger partial charge in [0.15, 0.2) is 0 Å². The predicted molar refractivity (Wildman–Crippen MR) is 134 cm³/mol. The van der Waals surface area contributed by atoms with Crippen LogP contribution in [0, 0.1) is 0 Å². The summed E-state index contributed by atoms with van der Waals surface area (Å²) in [6.45, 7) is 13.1. The van der Waals surface area contributed by atoms with E-state index in [2.05, 4.69) is 71.5 Å². The molecule has 0 aliphatic carbocycles. The Kier molecular flexibility index (Phi) is 5.90. The second-order valence-electron chi connectivity index (χ2n) is 10.5. The zero-order valence-electron chi connectivity index (χ0n) is 20.6. The zero-order chi connectivity index (χ0) is 23.9. The second kappa shape index (κ2) is 8.87. The first kappa shape index (κ1) is 22.6. The number of hydrogen-bond donors (Lipinski definition) is 1. The molecule has 0 bridgehead atoms. The van der Waals surface area contributed by atoms with Crippen molar-refractivity contribution in [2.45, 2.75) is 65.3 Å². The molecule has 4 heterocycles. The van der Waals surface area contributed by atoms with E-state index in [9.17, 15) is 0 Å². The Morgan fingerprint density at radius 2 is 1.91 bits per heavy atom. The molecule has 0 spiro atoms. The number of nitrogens with zero attached hydrogens (tertiary/aromatic N) is 4. The van der Waals surface area contributed by atoms with E-state index in [-0.39, 0.29) is 11.6 Å². The van der Waals surface area contributed by atoms with Gasteiger partial charge in [-0.3, -0.25) is 0 Å². The molecule has 0 radical (unpaired) electrons. The van der Waals surface area contributed by atoms with Crippen LogP contribution in [0.5, 0.6) is 11.8 Å². The molecular weight excluding hydrogens is 426 g/mol. The van der Waals surface area contributed by atoms with Gasteiger partial charge in [-0.25, -0.2) is 0 Å². The molecule has 3 aromatic rings. The number of ether oxygens (including phenoxy) is 2. The van der Waals surface area contributed by atoms with Gasteiger partial charge in [0.25, 0.3) is 0 Å². The SMILES string of the molecule is CC(C)Oc1cc(-c2ccc3c(c2)COc2nc(N4CCC(NC(C)(C)C)C4)ccc2-3)cnn1. The van der Waals surface area contributed by atoms with Crippen LogP contribution in [0.4, 0.5) is 5.82 Å². The van der Waals surface area contributed by atoms with Crippen LogP contribution < -0.4 is 19.7 Å². The number of anilines is 1. The molecule has 1 atom stereocenters. The quantitative estimate of drug-likeness (QED) is 0.585. The Balaban J connectivity index is 1.36. The van der Waals surface area contributed by atoms with E-state index >= 15 is 0 Å². The van der Waals surface area contributed by atoms with Crippen molar-refractivity contribution in [1.82, 2.24) is 20.5 Å². The fourth-order valence-corrected chi connectivity index (χ4v) is 4.73. The third kappa shape index (κ3) is 4.85. The van der Waals surface area contributed by atoms with Crippen LogP contribution in [0.2, 0.25) is 0 Å². The van der Waals surface area contributed by atoms with Crippen molar-refractivity contribution in [3.8, 4) is 34.0 Å². The lowest BCUT2D eigenvalue weighted by molar-refractivity contribution is 0.230. The van der Waals surface area contributed by atoms with Crippen molar-refractivity contribution in [3.63, 3.8) is 0 Å². The molecule has 1 saturated heterocycles. The molecule has 2 aromatic heterocycles. The van der Waals surface area contributed by atoms with E-state index in [1.807, 2.05) is 19.9 Å². The average Bonchev–Trinajstić information content (AvgIpc) is 3.24. The molecule has 178 valence electrons. The van der Waals surface area contributed by atoms with Crippen molar-refractivity contribution in [2.24, 2.45) is 0 Å². The Morgan fingerprint density at radius 1 is 1.09 bits per heavy atom. The summed E-state index contributed by atoms with van der Waals surface area (Å²) in [5.74, 6) is 2.23. The van der Waals surface area contributed by atoms with Gasteiger partial charge in [0.2, 0.25) is 11.8 Å². The van der Waals surface area contributed by atoms with Crippen LogP contribution in [-0.2, 0) is 6.61 Å². The summed E-state index contributed by atoms with van der Waals surface area (Å²) in [4.78, 5) is 7.23. The summed E-state index contributed by atoms with van der Waals surface area (Å²) in [7, 11) is 0. The Bertz CT molecular complexity index is 1190. The highest BCUT2D eigenvalue weighted by Gasteiger charge is 2.28. The van der Waals surface area contributed by atoms with Gasteiger partial charge in [0.1, 0.15) is 12.4 Å². The maximum Gasteiger partial charge on any atom is 0.234 e. The number of fused-ring (bicyclic) bond motifs is 3. The van der Waals surface area contributed by atoms with Gasteiger partial charge in [0, 0.05) is 41.9 Å². The minimum Gasteiger partial charge on any atom is -0.474 e. The maximum atomic E-state index is 6.12. The summed E-state index contributed by atoms with van der Waals surface area (Å²) in [5, 5.41) is 11.9. The summed E-state index contributed by atoms with van der Waals surface area (Å²) >= 11 is 0. The van der Waals surface area contributed by atoms with Crippen molar-refractivity contribution in [1.29, 1.82) is 0 Å². The van der Waals surface area contributed by atoms with Gasteiger partial charge in [-0.2, -0.15) is 10.1 Å². The predicted octanol–water partition coefficient (Wildman–Crippen LogP) is 4.85. The topological polar surface area (TPSA) is 72.4 Å². The van der Waals surface area contributed by atoms with Gasteiger partial charge in [-0.1, -0.05) is 12.1 Å². The lowest BCUT2D eigenvalue weighted by Gasteiger charge is -2.26. The van der Waals surface area contributed by atoms with Gasteiger partial charge < -0.3 is 19.7 Å². The summed E-state index contributed by atoms with van der Waals surface area (Å²) in [6.07, 6.45) is 2.94. The van der Waals surface area contributed by atoms with Gasteiger partial charge in [-0.05, 0) is 75.9 Å².